The van der Waals surface area contributed by atoms with Crippen LogP contribution in [0.4, 0.5) is 13.2 Å². The van der Waals surface area contributed by atoms with Crippen LogP contribution in [0.3, 0.4) is 0 Å². The van der Waals surface area contributed by atoms with E-state index in [1.165, 1.54) is 18.2 Å². The molecule has 1 saturated heterocycles. The smallest absolute Gasteiger partial charge is 0.370 e. The normalized spacial score (nSPS) is 16.9. The number of nitrogens with zero attached hydrogens (tertiary/aromatic N) is 1. The maximum absolute atomic E-state index is 12.8. The Hall–Kier alpha value is -1.93. The Morgan fingerprint density at radius 3 is 2.68 bits per heavy atom. The number of nitrogens with one attached hydrogen (secondary N) is 2. The van der Waals surface area contributed by atoms with Gasteiger partial charge in [-0.25, -0.2) is 5.43 Å². The molecule has 22 heavy (non-hydrogen) atoms. The Balaban J connectivity index is 1.91. The Morgan fingerprint density at radius 2 is 2.00 bits per heavy atom. The van der Waals surface area contributed by atoms with Crippen LogP contribution in [0.5, 0.6) is 0 Å². The zero-order chi connectivity index (χ0) is 16.0. The van der Waals surface area contributed by atoms with Gasteiger partial charge in [0, 0.05) is 5.56 Å². The number of benzene rings is 1. The Labute approximate surface area is 125 Å². The molecule has 0 aliphatic carbocycles. The second kappa shape index (κ2) is 7.37. The summed E-state index contributed by atoms with van der Waals surface area (Å²) < 4.78 is 43.5. The first-order valence-corrected chi connectivity index (χ1v) is 6.86. The predicted molar refractivity (Wildman–Crippen MR) is 73.6 cm³/mol. The van der Waals surface area contributed by atoms with Gasteiger partial charge in [0.1, 0.15) is 13.1 Å². The maximum atomic E-state index is 12.8. The molecule has 2 N–H and O–H groups in total. The number of hydrogen-bond acceptors (Lipinski definition) is 3. The van der Waals surface area contributed by atoms with Gasteiger partial charge in [-0.1, -0.05) is 18.2 Å². The summed E-state index contributed by atoms with van der Waals surface area (Å²) in [6.07, 6.45) is -3.44. The van der Waals surface area contributed by atoms with Crippen molar-refractivity contribution in [3.63, 3.8) is 0 Å². The van der Waals surface area contributed by atoms with Crippen molar-refractivity contribution >= 4 is 12.1 Å². The maximum Gasteiger partial charge on any atom is 0.417 e. The molecule has 120 valence electrons. The lowest BCUT2D eigenvalue weighted by atomic mass is 10.1. The number of halogens is 3. The fraction of sp³-hybridized carbons (Fsp3) is 0.429. The van der Waals surface area contributed by atoms with Crippen LogP contribution in [-0.4, -0.2) is 45.0 Å². The number of quaternary nitrogens is 1. The van der Waals surface area contributed by atoms with E-state index in [1.807, 2.05) is 0 Å². The number of hydrogen-bond donors (Lipinski definition) is 2. The van der Waals surface area contributed by atoms with Crippen molar-refractivity contribution in [1.82, 2.24) is 5.43 Å². The fourth-order valence-electron chi connectivity index (χ4n) is 2.14. The second-order valence-corrected chi connectivity index (χ2v) is 4.92. The largest absolute Gasteiger partial charge is 0.417 e. The molecule has 0 bridgehead atoms. The third-order valence-corrected chi connectivity index (χ3v) is 3.27. The number of carbonyl (C=O) groups excluding carboxylic acids is 1. The van der Waals surface area contributed by atoms with Crippen LogP contribution in [-0.2, 0) is 15.7 Å². The second-order valence-electron chi connectivity index (χ2n) is 4.92. The summed E-state index contributed by atoms with van der Waals surface area (Å²) in [6, 6.07) is 5.06. The highest BCUT2D eigenvalue weighted by Crippen LogP contribution is 2.30. The molecule has 5 nitrogen and oxygen atoms in total. The van der Waals surface area contributed by atoms with Gasteiger partial charge < -0.3 is 9.64 Å². The zero-order valence-electron chi connectivity index (χ0n) is 11.8. The van der Waals surface area contributed by atoms with E-state index in [1.54, 1.807) is 0 Å². The summed E-state index contributed by atoms with van der Waals surface area (Å²) in [5, 5.41) is 3.61. The van der Waals surface area contributed by atoms with Crippen LogP contribution in [0.25, 0.3) is 0 Å². The summed E-state index contributed by atoms with van der Waals surface area (Å²) in [6.45, 7) is 2.89. The molecular weight excluding hydrogens is 299 g/mol. The van der Waals surface area contributed by atoms with Crippen molar-refractivity contribution in [2.45, 2.75) is 6.18 Å². The van der Waals surface area contributed by atoms with Crippen LogP contribution in [0.2, 0.25) is 0 Å². The van der Waals surface area contributed by atoms with Gasteiger partial charge in [-0.05, 0) is 6.07 Å². The zero-order valence-corrected chi connectivity index (χ0v) is 11.8. The van der Waals surface area contributed by atoms with Gasteiger partial charge in [-0.3, -0.25) is 4.79 Å². The van der Waals surface area contributed by atoms with E-state index in [4.69, 9.17) is 4.74 Å². The number of morpholine rings is 1. The lowest BCUT2D eigenvalue weighted by Gasteiger charge is -2.22. The van der Waals surface area contributed by atoms with Gasteiger partial charge in [-0.2, -0.15) is 18.3 Å². The van der Waals surface area contributed by atoms with E-state index in [9.17, 15) is 18.0 Å². The summed E-state index contributed by atoms with van der Waals surface area (Å²) in [7, 11) is 0. The average Bonchev–Trinajstić information content (AvgIpc) is 2.48. The predicted octanol–water partition coefficient (Wildman–Crippen LogP) is 0.0706. The van der Waals surface area contributed by atoms with E-state index in [2.05, 4.69) is 10.5 Å². The van der Waals surface area contributed by atoms with Gasteiger partial charge >= 0.3 is 6.18 Å². The first kappa shape index (κ1) is 16.4. The number of alkyl halides is 3. The van der Waals surface area contributed by atoms with Crippen LogP contribution in [0, 0.1) is 0 Å². The SMILES string of the molecule is O=C(C[NH+]1CCOCC1)N/N=C\c1ccccc1C(F)(F)F. The molecule has 1 aromatic rings. The first-order chi connectivity index (χ1) is 10.5. The number of amides is 1. The topological polar surface area (TPSA) is 55.1 Å². The molecule has 0 spiro atoms. The number of hydrazone groups is 1. The average molecular weight is 316 g/mol. The van der Waals surface area contributed by atoms with Gasteiger partial charge in [0.2, 0.25) is 0 Å². The van der Waals surface area contributed by atoms with Crippen LogP contribution in [0.15, 0.2) is 29.4 Å². The summed E-state index contributed by atoms with van der Waals surface area (Å²) in [4.78, 5) is 12.7. The standard InChI is InChI=1S/C14H16F3N3O2/c15-14(16,17)12-4-2-1-3-11(12)9-18-19-13(21)10-20-5-7-22-8-6-20/h1-4,9H,5-8,10H2,(H,19,21)/p+1/b18-9-. The molecule has 0 saturated carbocycles. The quantitative estimate of drug-likeness (QED) is 0.610. The minimum atomic E-state index is -4.45. The molecule has 2 rings (SSSR count). The molecule has 0 radical (unpaired) electrons. The van der Waals surface area contributed by atoms with E-state index in [0.717, 1.165) is 30.3 Å². The summed E-state index contributed by atoms with van der Waals surface area (Å²) >= 11 is 0. The van der Waals surface area contributed by atoms with Crippen molar-refractivity contribution in [3.8, 4) is 0 Å². The lowest BCUT2D eigenvalue weighted by Crippen LogP contribution is -3.15. The highest BCUT2D eigenvalue weighted by Gasteiger charge is 2.32. The highest BCUT2D eigenvalue weighted by molar-refractivity contribution is 5.84. The molecule has 1 aromatic carbocycles. The van der Waals surface area contributed by atoms with Gasteiger partial charge in [0.05, 0.1) is 25.0 Å². The van der Waals surface area contributed by atoms with E-state index in [0.29, 0.717) is 13.2 Å². The molecule has 1 heterocycles. The van der Waals surface area contributed by atoms with Gasteiger partial charge in [0.15, 0.2) is 6.54 Å². The highest BCUT2D eigenvalue weighted by atomic mass is 19.4. The molecule has 0 unspecified atom stereocenters. The number of carbonyl (C=O) groups is 1. The van der Waals surface area contributed by atoms with Crippen molar-refractivity contribution in [3.05, 3.63) is 35.4 Å². The Bertz CT molecular complexity index is 540. The molecule has 1 aliphatic rings. The van der Waals surface area contributed by atoms with Crippen molar-refractivity contribution in [2.75, 3.05) is 32.8 Å². The summed E-state index contributed by atoms with van der Waals surface area (Å²) in [5.74, 6) is -0.336. The van der Waals surface area contributed by atoms with Crippen molar-refractivity contribution in [2.24, 2.45) is 5.10 Å². The van der Waals surface area contributed by atoms with Crippen LogP contribution >= 0.6 is 0 Å². The van der Waals surface area contributed by atoms with Gasteiger partial charge in [0.25, 0.3) is 5.91 Å². The minimum absolute atomic E-state index is 0.0889. The molecule has 0 aromatic heterocycles. The monoisotopic (exact) mass is 316 g/mol. The van der Waals surface area contributed by atoms with Crippen LogP contribution < -0.4 is 10.3 Å². The third-order valence-electron chi connectivity index (χ3n) is 3.27. The van der Waals surface area contributed by atoms with E-state index < -0.39 is 11.7 Å². The first-order valence-electron chi connectivity index (χ1n) is 6.86. The molecule has 0 atom stereocenters. The third kappa shape index (κ3) is 4.81. The molecule has 1 amide bonds. The number of ether oxygens (including phenoxy) is 1. The Kier molecular flexibility index (Phi) is 5.51. The van der Waals surface area contributed by atoms with Gasteiger partial charge in [-0.15, -0.1) is 0 Å². The fourth-order valence-corrected chi connectivity index (χ4v) is 2.14. The lowest BCUT2D eigenvalue weighted by molar-refractivity contribution is -0.900. The van der Waals surface area contributed by atoms with E-state index >= 15 is 0 Å². The van der Waals surface area contributed by atoms with Crippen molar-refractivity contribution in [1.29, 1.82) is 0 Å². The van der Waals surface area contributed by atoms with Crippen molar-refractivity contribution < 1.29 is 27.6 Å². The summed E-state index contributed by atoms with van der Waals surface area (Å²) in [5.41, 5.74) is 1.38. The molecule has 8 heteroatoms. The minimum Gasteiger partial charge on any atom is -0.370 e. The Morgan fingerprint density at radius 1 is 1.32 bits per heavy atom. The van der Waals surface area contributed by atoms with Crippen LogP contribution in [0.1, 0.15) is 11.1 Å². The molecule has 1 fully saturated rings. The molecular formula is C14H17F3N3O2+. The number of rotatable bonds is 4. The molecule has 1 aliphatic heterocycles. The van der Waals surface area contributed by atoms with E-state index in [-0.39, 0.29) is 18.0 Å².